The maximum Gasteiger partial charge on any atom is 0.0918 e. The van der Waals surface area contributed by atoms with Crippen LogP contribution in [0, 0.1) is 0 Å². The summed E-state index contributed by atoms with van der Waals surface area (Å²) in [7, 11) is 0. The molecule has 0 unspecified atom stereocenters. The van der Waals surface area contributed by atoms with Gasteiger partial charge in [0.25, 0.3) is 0 Å². The number of hydrogen-bond acceptors (Lipinski definition) is 5. The molecule has 0 radical (unpaired) electrons. The first kappa shape index (κ1) is 32.0. The van der Waals surface area contributed by atoms with Crippen molar-refractivity contribution in [3.05, 3.63) is 34.9 Å². The first-order valence-corrected chi connectivity index (χ1v) is 13.5. The van der Waals surface area contributed by atoms with E-state index in [9.17, 15) is 20.4 Å². The van der Waals surface area contributed by atoms with Crippen LogP contribution < -0.4 is 0 Å². The highest BCUT2D eigenvalue weighted by atomic mass is 16.5. The lowest BCUT2D eigenvalue weighted by Gasteiger charge is -2.33. The SMILES string of the molecule is C/C(=C\CC/C=C(\C)CC[C@@H](O)[C@@]1(C)CC[C@H](C(C)(C)O)O1)CC/C=C(\C)CC[C@@H](O)C(C)(C)O. The molecule has 5 nitrogen and oxygen atoms in total. The molecule has 0 aromatic rings. The number of allylic oxidation sites excluding steroid dienone is 6. The van der Waals surface area contributed by atoms with Gasteiger partial charge in [-0.3, -0.25) is 0 Å². The highest BCUT2D eigenvalue weighted by Crippen LogP contribution is 2.38. The van der Waals surface area contributed by atoms with Gasteiger partial charge in [0.1, 0.15) is 0 Å². The molecule has 0 spiro atoms. The minimum Gasteiger partial charge on any atom is -0.390 e. The summed E-state index contributed by atoms with van der Waals surface area (Å²) in [6.45, 7) is 15.2. The van der Waals surface area contributed by atoms with Gasteiger partial charge in [-0.25, -0.2) is 0 Å². The maximum absolute atomic E-state index is 10.7. The van der Waals surface area contributed by atoms with Gasteiger partial charge in [0.2, 0.25) is 0 Å². The van der Waals surface area contributed by atoms with Crippen molar-refractivity contribution in [3.63, 3.8) is 0 Å². The van der Waals surface area contributed by atoms with E-state index in [-0.39, 0.29) is 6.10 Å². The third kappa shape index (κ3) is 12.2. The zero-order chi connectivity index (χ0) is 26.9. The van der Waals surface area contributed by atoms with E-state index in [4.69, 9.17) is 4.74 Å². The first-order valence-electron chi connectivity index (χ1n) is 13.5. The molecule has 0 aromatic carbocycles. The number of ether oxygens (including phenoxy) is 1. The molecule has 1 rings (SSSR count). The minimum atomic E-state index is -1.05. The Labute approximate surface area is 215 Å². The molecule has 1 aliphatic heterocycles. The topological polar surface area (TPSA) is 90.2 Å². The third-order valence-corrected chi connectivity index (χ3v) is 7.43. The second-order valence-corrected chi connectivity index (χ2v) is 12.1. The molecular formula is C30H54O5. The van der Waals surface area contributed by atoms with Crippen molar-refractivity contribution in [1.29, 1.82) is 0 Å². The van der Waals surface area contributed by atoms with Gasteiger partial charge in [0, 0.05) is 0 Å². The standard InChI is InChI=1S/C30H54O5/c1-22(14-11-15-24(3)16-18-25(31)28(4,5)33)12-9-10-13-23(2)17-19-26(32)30(8)21-20-27(35-30)29(6,7)34/h12-13,15,25-27,31-34H,9-11,14,16-21H2,1-8H3/b22-12+,23-13+,24-15+/t25-,26-,27-,30-/m1/s1. The van der Waals surface area contributed by atoms with Gasteiger partial charge in [0.05, 0.1) is 35.1 Å². The molecule has 4 N–H and O–H groups in total. The molecule has 0 bridgehead atoms. The molecule has 204 valence electrons. The van der Waals surface area contributed by atoms with Crippen molar-refractivity contribution in [1.82, 2.24) is 0 Å². The van der Waals surface area contributed by atoms with Crippen LogP contribution in [0.1, 0.15) is 120 Å². The Kier molecular flexibility index (Phi) is 12.9. The predicted octanol–water partition coefficient (Wildman–Crippen LogP) is 6.15. The van der Waals surface area contributed by atoms with E-state index in [0.717, 1.165) is 51.4 Å². The smallest absolute Gasteiger partial charge is 0.0918 e. The summed E-state index contributed by atoms with van der Waals surface area (Å²) in [6, 6.07) is 0. The summed E-state index contributed by atoms with van der Waals surface area (Å²) in [5.41, 5.74) is 1.44. The minimum absolute atomic E-state index is 0.222. The van der Waals surface area contributed by atoms with Crippen LogP contribution in [0.3, 0.4) is 0 Å². The Balaban J connectivity index is 2.31. The molecular weight excluding hydrogens is 440 g/mol. The number of aliphatic hydroxyl groups excluding tert-OH is 2. The van der Waals surface area contributed by atoms with E-state index >= 15 is 0 Å². The Morgan fingerprint density at radius 2 is 1.34 bits per heavy atom. The zero-order valence-electron chi connectivity index (χ0n) is 23.7. The Bertz CT molecular complexity index is 722. The van der Waals surface area contributed by atoms with E-state index < -0.39 is 29.0 Å². The summed E-state index contributed by atoms with van der Waals surface area (Å²) in [6.07, 6.45) is 13.9. The lowest BCUT2D eigenvalue weighted by molar-refractivity contribution is -0.153. The molecule has 1 heterocycles. The highest BCUT2D eigenvalue weighted by Gasteiger charge is 2.46. The summed E-state index contributed by atoms with van der Waals surface area (Å²) in [5, 5.41) is 40.7. The molecule has 4 atom stereocenters. The van der Waals surface area contributed by atoms with Crippen molar-refractivity contribution >= 4 is 0 Å². The lowest BCUT2D eigenvalue weighted by Crippen LogP contribution is -2.43. The molecule has 1 aliphatic rings. The molecule has 0 saturated carbocycles. The van der Waals surface area contributed by atoms with Crippen LogP contribution in [0.2, 0.25) is 0 Å². The summed E-state index contributed by atoms with van der Waals surface area (Å²) in [5.74, 6) is 0. The Morgan fingerprint density at radius 3 is 1.83 bits per heavy atom. The number of rotatable bonds is 15. The zero-order valence-corrected chi connectivity index (χ0v) is 23.7. The van der Waals surface area contributed by atoms with Crippen LogP contribution in [0.25, 0.3) is 0 Å². The lowest BCUT2D eigenvalue weighted by atomic mass is 9.90. The molecule has 5 heteroatoms. The van der Waals surface area contributed by atoms with Crippen molar-refractivity contribution in [3.8, 4) is 0 Å². The van der Waals surface area contributed by atoms with Gasteiger partial charge in [0.15, 0.2) is 0 Å². The van der Waals surface area contributed by atoms with Gasteiger partial charge in [-0.2, -0.15) is 0 Å². The van der Waals surface area contributed by atoms with Crippen LogP contribution in [0.4, 0.5) is 0 Å². The first-order chi connectivity index (χ1) is 16.0. The second kappa shape index (κ2) is 14.1. The average molecular weight is 495 g/mol. The largest absolute Gasteiger partial charge is 0.390 e. The summed E-state index contributed by atoms with van der Waals surface area (Å²) in [4.78, 5) is 0. The van der Waals surface area contributed by atoms with E-state index in [2.05, 4.69) is 39.0 Å². The highest BCUT2D eigenvalue weighted by molar-refractivity contribution is 5.06. The predicted molar refractivity (Wildman–Crippen MR) is 145 cm³/mol. The van der Waals surface area contributed by atoms with E-state index in [0.29, 0.717) is 12.8 Å². The van der Waals surface area contributed by atoms with Gasteiger partial charge in [-0.15, -0.1) is 0 Å². The summed E-state index contributed by atoms with van der Waals surface area (Å²) < 4.78 is 6.06. The van der Waals surface area contributed by atoms with Crippen molar-refractivity contribution in [2.75, 3.05) is 0 Å². The van der Waals surface area contributed by atoms with Crippen LogP contribution >= 0.6 is 0 Å². The monoisotopic (exact) mass is 494 g/mol. The maximum atomic E-state index is 10.7. The van der Waals surface area contributed by atoms with E-state index in [1.807, 2.05) is 6.92 Å². The van der Waals surface area contributed by atoms with Crippen molar-refractivity contribution < 1.29 is 25.2 Å². The van der Waals surface area contributed by atoms with Gasteiger partial charge in [-0.1, -0.05) is 34.9 Å². The Hall–Kier alpha value is -0.980. The molecule has 1 fully saturated rings. The fourth-order valence-corrected chi connectivity index (χ4v) is 4.50. The van der Waals surface area contributed by atoms with E-state index in [1.54, 1.807) is 27.7 Å². The average Bonchev–Trinajstić information content (AvgIpc) is 3.16. The molecule has 0 aromatic heterocycles. The van der Waals surface area contributed by atoms with Gasteiger partial charge in [-0.05, 0) is 120 Å². The molecule has 1 saturated heterocycles. The van der Waals surface area contributed by atoms with Crippen LogP contribution in [-0.4, -0.2) is 55.5 Å². The van der Waals surface area contributed by atoms with Crippen molar-refractivity contribution in [2.45, 2.75) is 155 Å². The fraction of sp³-hybridized carbons (Fsp3) is 0.800. The van der Waals surface area contributed by atoms with Crippen LogP contribution in [0.15, 0.2) is 34.9 Å². The van der Waals surface area contributed by atoms with Gasteiger partial charge >= 0.3 is 0 Å². The Morgan fingerprint density at radius 1 is 0.857 bits per heavy atom. The second-order valence-electron chi connectivity index (χ2n) is 12.1. The molecule has 0 aliphatic carbocycles. The fourth-order valence-electron chi connectivity index (χ4n) is 4.50. The number of unbranched alkanes of at least 4 members (excludes halogenated alkanes) is 1. The van der Waals surface area contributed by atoms with Gasteiger partial charge < -0.3 is 25.2 Å². The molecule has 0 amide bonds. The number of hydrogen-bond donors (Lipinski definition) is 4. The van der Waals surface area contributed by atoms with Crippen LogP contribution in [0.5, 0.6) is 0 Å². The molecule has 35 heavy (non-hydrogen) atoms. The normalized spacial score (nSPS) is 24.7. The van der Waals surface area contributed by atoms with E-state index in [1.165, 1.54) is 16.7 Å². The quantitative estimate of drug-likeness (QED) is 0.162. The number of aliphatic hydroxyl groups is 4. The summed E-state index contributed by atoms with van der Waals surface area (Å²) >= 11 is 0. The third-order valence-electron chi connectivity index (χ3n) is 7.43. The van der Waals surface area contributed by atoms with Crippen molar-refractivity contribution in [2.24, 2.45) is 0 Å². The van der Waals surface area contributed by atoms with Crippen LogP contribution in [-0.2, 0) is 4.74 Å².